The number of nitrogens with zero attached hydrogens (tertiary/aromatic N) is 2. The highest BCUT2D eigenvalue weighted by Crippen LogP contribution is 2.18. The molecule has 0 bridgehead atoms. The van der Waals surface area contributed by atoms with E-state index in [0.717, 1.165) is 5.69 Å². The molecule has 2 atom stereocenters. The molecule has 1 aromatic rings. The van der Waals surface area contributed by atoms with Crippen molar-refractivity contribution in [2.24, 2.45) is 0 Å². The minimum Gasteiger partial charge on any atom is -0.598 e. The standard InChI is InChI=1S/C10H16ClN3OS/c1-7(14-16(15)10(2,3)4)8-5-13-9(11)6-12-8/h5-7,14H,1-4H3/t7-,16-/m0/s1. The molecule has 0 spiro atoms. The lowest BCUT2D eigenvalue weighted by Crippen LogP contribution is -2.40. The Kier molecular flexibility index (Phi) is 4.55. The molecule has 1 heterocycles. The lowest BCUT2D eigenvalue weighted by atomic mass is 10.3. The Labute approximate surface area is 104 Å². The molecule has 0 unspecified atom stereocenters. The van der Waals surface area contributed by atoms with Gasteiger partial charge in [-0.3, -0.25) is 4.98 Å². The minimum atomic E-state index is -1.12. The van der Waals surface area contributed by atoms with E-state index >= 15 is 0 Å². The number of halogens is 1. The maximum absolute atomic E-state index is 11.8. The van der Waals surface area contributed by atoms with Crippen molar-refractivity contribution in [1.82, 2.24) is 14.7 Å². The Balaban J connectivity index is 2.65. The Morgan fingerprint density at radius 1 is 1.38 bits per heavy atom. The Bertz CT molecular complexity index is 339. The summed E-state index contributed by atoms with van der Waals surface area (Å²) in [7, 11) is 0. The van der Waals surface area contributed by atoms with E-state index in [1.165, 1.54) is 6.20 Å². The molecular weight excluding hydrogens is 246 g/mol. The zero-order valence-corrected chi connectivity index (χ0v) is 11.4. The topological polar surface area (TPSA) is 60.9 Å². The van der Waals surface area contributed by atoms with Gasteiger partial charge in [0.2, 0.25) is 0 Å². The van der Waals surface area contributed by atoms with Gasteiger partial charge in [0.15, 0.2) is 0 Å². The first kappa shape index (κ1) is 13.7. The highest BCUT2D eigenvalue weighted by Gasteiger charge is 2.28. The van der Waals surface area contributed by atoms with E-state index in [1.807, 2.05) is 27.7 Å². The van der Waals surface area contributed by atoms with E-state index in [9.17, 15) is 4.55 Å². The molecule has 4 nitrogen and oxygen atoms in total. The van der Waals surface area contributed by atoms with Crippen LogP contribution in [-0.4, -0.2) is 19.3 Å². The van der Waals surface area contributed by atoms with E-state index in [4.69, 9.17) is 11.6 Å². The summed E-state index contributed by atoms with van der Waals surface area (Å²) >= 11 is 4.52. The first-order valence-corrected chi connectivity index (χ1v) is 6.49. The number of nitrogens with one attached hydrogen (secondary N) is 1. The lowest BCUT2D eigenvalue weighted by Gasteiger charge is -2.26. The summed E-state index contributed by atoms with van der Waals surface area (Å²) in [4.78, 5) is 8.06. The Hall–Kier alpha value is -0.360. The quantitative estimate of drug-likeness (QED) is 0.848. The third-order valence-electron chi connectivity index (χ3n) is 1.92. The number of hydrogen-bond donors (Lipinski definition) is 1. The molecule has 0 radical (unpaired) electrons. The summed E-state index contributed by atoms with van der Waals surface area (Å²) in [6.07, 6.45) is 3.06. The second kappa shape index (κ2) is 5.31. The molecule has 0 aromatic carbocycles. The van der Waals surface area contributed by atoms with Crippen molar-refractivity contribution in [3.05, 3.63) is 23.2 Å². The third-order valence-corrected chi connectivity index (χ3v) is 3.80. The van der Waals surface area contributed by atoms with Crippen LogP contribution in [0.2, 0.25) is 5.15 Å². The van der Waals surface area contributed by atoms with Gasteiger partial charge in [-0.15, -0.1) is 4.72 Å². The number of hydrogen-bond acceptors (Lipinski definition) is 4. The third kappa shape index (κ3) is 3.90. The van der Waals surface area contributed by atoms with Crippen molar-refractivity contribution < 1.29 is 4.55 Å². The molecule has 0 fully saturated rings. The van der Waals surface area contributed by atoms with Gasteiger partial charge in [-0.25, -0.2) is 4.98 Å². The summed E-state index contributed by atoms with van der Waals surface area (Å²) in [5.74, 6) is 0. The van der Waals surface area contributed by atoms with Crippen molar-refractivity contribution in [1.29, 1.82) is 0 Å². The van der Waals surface area contributed by atoms with Crippen molar-refractivity contribution in [3.63, 3.8) is 0 Å². The molecule has 1 rings (SSSR count). The largest absolute Gasteiger partial charge is 0.598 e. The fourth-order valence-electron chi connectivity index (χ4n) is 0.944. The molecule has 0 saturated heterocycles. The second-order valence-electron chi connectivity index (χ2n) is 4.48. The van der Waals surface area contributed by atoms with E-state index in [2.05, 4.69) is 14.7 Å². The van der Waals surface area contributed by atoms with Crippen LogP contribution < -0.4 is 4.72 Å². The van der Waals surface area contributed by atoms with Gasteiger partial charge < -0.3 is 4.55 Å². The van der Waals surface area contributed by atoms with Crippen molar-refractivity contribution >= 4 is 23.0 Å². The molecular formula is C10H16ClN3OS. The first-order chi connectivity index (χ1) is 7.30. The van der Waals surface area contributed by atoms with E-state index in [0.29, 0.717) is 5.15 Å². The summed E-state index contributed by atoms with van der Waals surface area (Å²) in [6.45, 7) is 7.63. The molecule has 0 saturated carbocycles. The van der Waals surface area contributed by atoms with Crippen molar-refractivity contribution in [2.75, 3.05) is 0 Å². The number of aromatic nitrogens is 2. The minimum absolute atomic E-state index is 0.121. The predicted octanol–water partition coefficient (Wildman–Crippen LogP) is 2.24. The van der Waals surface area contributed by atoms with Crippen LogP contribution in [0.25, 0.3) is 0 Å². The highest BCUT2D eigenvalue weighted by molar-refractivity contribution is 7.90. The van der Waals surface area contributed by atoms with Gasteiger partial charge in [-0.05, 0) is 27.7 Å². The van der Waals surface area contributed by atoms with Crippen molar-refractivity contribution in [3.8, 4) is 0 Å². The summed E-state index contributed by atoms with van der Waals surface area (Å²) < 4.78 is 14.5. The van der Waals surface area contributed by atoms with Gasteiger partial charge in [0.05, 0.1) is 24.1 Å². The van der Waals surface area contributed by atoms with Gasteiger partial charge in [0.1, 0.15) is 9.90 Å². The zero-order valence-electron chi connectivity index (χ0n) is 9.82. The fourth-order valence-corrected chi connectivity index (χ4v) is 1.84. The molecule has 0 aliphatic rings. The molecule has 0 aliphatic carbocycles. The van der Waals surface area contributed by atoms with Crippen LogP contribution in [-0.2, 0) is 11.4 Å². The molecule has 0 amide bonds. The molecule has 16 heavy (non-hydrogen) atoms. The van der Waals surface area contributed by atoms with Crippen LogP contribution in [0.1, 0.15) is 39.4 Å². The Morgan fingerprint density at radius 3 is 2.44 bits per heavy atom. The SMILES string of the molecule is C[C@H](N[S@@+]([O-])C(C)(C)C)c1cnc(Cl)cn1. The highest BCUT2D eigenvalue weighted by atomic mass is 35.5. The van der Waals surface area contributed by atoms with Crippen LogP contribution >= 0.6 is 11.6 Å². The molecule has 6 heteroatoms. The second-order valence-corrected chi connectivity index (χ2v) is 6.87. The van der Waals surface area contributed by atoms with Crippen LogP contribution in [0, 0.1) is 0 Å². The lowest BCUT2D eigenvalue weighted by molar-refractivity contribution is 0.528. The van der Waals surface area contributed by atoms with Gasteiger partial charge in [0, 0.05) is 11.4 Å². The normalized spacial score (nSPS) is 15.9. The van der Waals surface area contributed by atoms with Crippen LogP contribution in [0.4, 0.5) is 0 Å². The van der Waals surface area contributed by atoms with Gasteiger partial charge in [0.25, 0.3) is 0 Å². The monoisotopic (exact) mass is 261 g/mol. The van der Waals surface area contributed by atoms with Crippen LogP contribution in [0.5, 0.6) is 0 Å². The van der Waals surface area contributed by atoms with Crippen LogP contribution in [0.15, 0.2) is 12.4 Å². The summed E-state index contributed by atoms with van der Waals surface area (Å²) in [5, 5.41) is 0.355. The van der Waals surface area contributed by atoms with Crippen molar-refractivity contribution in [2.45, 2.75) is 38.5 Å². The average molecular weight is 262 g/mol. The average Bonchev–Trinajstić information content (AvgIpc) is 2.17. The maximum atomic E-state index is 11.8. The van der Waals surface area contributed by atoms with Gasteiger partial charge in [-0.2, -0.15) is 0 Å². The van der Waals surface area contributed by atoms with E-state index < -0.39 is 11.4 Å². The fraction of sp³-hybridized carbons (Fsp3) is 0.600. The molecule has 1 aromatic heterocycles. The number of rotatable bonds is 3. The Morgan fingerprint density at radius 2 is 2.00 bits per heavy atom. The van der Waals surface area contributed by atoms with E-state index in [1.54, 1.807) is 6.20 Å². The molecule has 0 aliphatic heterocycles. The summed E-state index contributed by atoms with van der Waals surface area (Å²) in [6, 6.07) is -0.121. The smallest absolute Gasteiger partial charge is 0.147 e. The predicted molar refractivity (Wildman–Crippen MR) is 66.5 cm³/mol. The summed E-state index contributed by atoms with van der Waals surface area (Å²) in [5.41, 5.74) is 0.724. The first-order valence-electron chi connectivity index (χ1n) is 4.96. The van der Waals surface area contributed by atoms with E-state index in [-0.39, 0.29) is 10.8 Å². The molecule has 90 valence electrons. The van der Waals surface area contributed by atoms with Gasteiger partial charge >= 0.3 is 0 Å². The van der Waals surface area contributed by atoms with Gasteiger partial charge in [-0.1, -0.05) is 11.6 Å². The maximum Gasteiger partial charge on any atom is 0.147 e. The van der Waals surface area contributed by atoms with Crippen LogP contribution in [0.3, 0.4) is 0 Å². The zero-order chi connectivity index (χ0) is 12.3. The molecule has 1 N–H and O–H groups in total.